The van der Waals surface area contributed by atoms with E-state index in [0.717, 1.165) is 18.3 Å². The number of carboxylic acids is 1. The molecule has 26 heavy (non-hydrogen) atoms. The highest BCUT2D eigenvalue weighted by Gasteiger charge is 2.34. The van der Waals surface area contributed by atoms with E-state index in [1.54, 1.807) is 0 Å². The number of nitrogens with one attached hydrogen (secondary N) is 1. The van der Waals surface area contributed by atoms with Crippen LogP contribution in [-0.4, -0.2) is 34.8 Å². The highest BCUT2D eigenvalue weighted by molar-refractivity contribution is 5.93. The summed E-state index contributed by atoms with van der Waals surface area (Å²) in [4.78, 5) is 37.2. The minimum absolute atomic E-state index is 0.0297. The normalized spacial score (nSPS) is 11.0. The predicted molar refractivity (Wildman–Crippen MR) is 84.6 cm³/mol. The molecule has 0 unspecified atom stereocenters. The number of halogens is 3. The molecule has 0 saturated heterocycles. The Morgan fingerprint density at radius 3 is 2.46 bits per heavy atom. The van der Waals surface area contributed by atoms with E-state index in [1.807, 2.05) is 0 Å². The number of nitrogens with zero attached hydrogens (tertiary/aromatic N) is 1. The first-order valence-corrected chi connectivity index (χ1v) is 7.36. The molecule has 1 aromatic carbocycles. The number of aliphatic carboxylic acids is 1. The molecule has 1 heterocycles. The molecule has 2 rings (SSSR count). The fraction of sp³-hybridized carbons (Fsp3) is 0.176. The van der Waals surface area contributed by atoms with Crippen LogP contribution in [0, 0.1) is 0 Å². The van der Waals surface area contributed by atoms with Crippen LogP contribution in [0.15, 0.2) is 36.5 Å². The first-order chi connectivity index (χ1) is 12.2. The van der Waals surface area contributed by atoms with Gasteiger partial charge >= 0.3 is 12.1 Å². The number of pyridine rings is 1. The molecular formula is C17H13F3N2O4. The number of benzene rings is 1. The molecule has 2 N–H and O–H groups in total. The van der Waals surface area contributed by atoms with Crippen molar-refractivity contribution in [3.05, 3.63) is 53.3 Å². The van der Waals surface area contributed by atoms with Crippen LogP contribution in [0.25, 0.3) is 11.1 Å². The zero-order valence-corrected chi connectivity index (χ0v) is 13.2. The quantitative estimate of drug-likeness (QED) is 0.767. The molecule has 0 spiro atoms. The maximum absolute atomic E-state index is 13.2. The van der Waals surface area contributed by atoms with Gasteiger partial charge in [-0.25, -0.2) is 0 Å². The molecule has 0 saturated carbocycles. The zero-order chi connectivity index (χ0) is 19.3. The Morgan fingerprint density at radius 1 is 1.19 bits per heavy atom. The van der Waals surface area contributed by atoms with Gasteiger partial charge in [-0.1, -0.05) is 18.2 Å². The number of hydrogen-bond acceptors (Lipinski definition) is 4. The monoisotopic (exact) mass is 366 g/mol. The van der Waals surface area contributed by atoms with Gasteiger partial charge in [-0.15, -0.1) is 0 Å². The highest BCUT2D eigenvalue weighted by atomic mass is 19.4. The second-order valence-corrected chi connectivity index (χ2v) is 5.22. The summed E-state index contributed by atoms with van der Waals surface area (Å²) in [5.74, 6) is -1.74. The van der Waals surface area contributed by atoms with Crippen molar-refractivity contribution < 1.29 is 32.7 Å². The van der Waals surface area contributed by atoms with Gasteiger partial charge in [-0.05, 0) is 12.1 Å². The Hall–Kier alpha value is -3.23. The average Bonchev–Trinajstić information content (AvgIpc) is 2.60. The van der Waals surface area contributed by atoms with Crippen LogP contribution in [0.3, 0.4) is 0 Å². The largest absolute Gasteiger partial charge is 0.481 e. The smallest absolute Gasteiger partial charge is 0.417 e. The standard InChI is InChI=1S/C17H13F3N2O4/c18-17(19,20)12-3-1-2-11(9-23)15(12)10-4-5-13(22-8-10)16(26)21-7-6-14(24)25/h1-5,8-9H,6-7H2,(H,21,26)(H,24,25). The van der Waals surface area contributed by atoms with Gasteiger partial charge in [0.1, 0.15) is 5.69 Å². The van der Waals surface area contributed by atoms with Gasteiger partial charge in [0, 0.05) is 29.4 Å². The van der Waals surface area contributed by atoms with E-state index in [1.165, 1.54) is 18.2 Å². The van der Waals surface area contributed by atoms with Crippen molar-refractivity contribution in [1.82, 2.24) is 10.3 Å². The Morgan fingerprint density at radius 2 is 1.92 bits per heavy atom. The van der Waals surface area contributed by atoms with Crippen LogP contribution in [0.1, 0.15) is 32.8 Å². The van der Waals surface area contributed by atoms with Crippen molar-refractivity contribution in [2.24, 2.45) is 0 Å². The second-order valence-electron chi connectivity index (χ2n) is 5.22. The molecule has 0 atom stereocenters. The Kier molecular flexibility index (Phi) is 5.71. The van der Waals surface area contributed by atoms with E-state index in [4.69, 9.17) is 5.11 Å². The Bertz CT molecular complexity index is 833. The topological polar surface area (TPSA) is 96.4 Å². The van der Waals surface area contributed by atoms with Crippen LogP contribution < -0.4 is 5.32 Å². The van der Waals surface area contributed by atoms with E-state index in [9.17, 15) is 27.6 Å². The number of carboxylic acid groups (broad SMARTS) is 1. The number of aromatic nitrogens is 1. The van der Waals surface area contributed by atoms with Crippen molar-refractivity contribution in [2.45, 2.75) is 12.6 Å². The lowest BCUT2D eigenvalue weighted by Crippen LogP contribution is -2.26. The van der Waals surface area contributed by atoms with E-state index in [2.05, 4.69) is 10.3 Å². The summed E-state index contributed by atoms with van der Waals surface area (Å²) >= 11 is 0. The van der Waals surface area contributed by atoms with Gasteiger partial charge in [-0.3, -0.25) is 19.4 Å². The molecule has 9 heteroatoms. The summed E-state index contributed by atoms with van der Waals surface area (Å²) in [5, 5.41) is 10.8. The molecule has 0 fully saturated rings. The maximum Gasteiger partial charge on any atom is 0.417 e. The first kappa shape index (κ1) is 19.1. The summed E-state index contributed by atoms with van der Waals surface area (Å²) in [6.07, 6.45) is -3.56. The van der Waals surface area contributed by atoms with Crippen molar-refractivity contribution >= 4 is 18.2 Å². The second kappa shape index (κ2) is 7.77. The SMILES string of the molecule is O=Cc1cccc(C(F)(F)F)c1-c1ccc(C(=O)NCCC(=O)O)nc1. The van der Waals surface area contributed by atoms with Gasteiger partial charge in [0.25, 0.3) is 5.91 Å². The summed E-state index contributed by atoms with van der Waals surface area (Å²) in [6, 6.07) is 5.69. The van der Waals surface area contributed by atoms with E-state index in [-0.39, 0.29) is 35.3 Å². The zero-order valence-electron chi connectivity index (χ0n) is 13.2. The molecule has 2 aromatic rings. The van der Waals surface area contributed by atoms with Gasteiger partial charge in [-0.2, -0.15) is 13.2 Å². The lowest BCUT2D eigenvalue weighted by atomic mass is 9.95. The molecule has 0 aliphatic rings. The maximum atomic E-state index is 13.2. The van der Waals surface area contributed by atoms with Gasteiger partial charge < -0.3 is 10.4 Å². The number of alkyl halides is 3. The summed E-state index contributed by atoms with van der Waals surface area (Å²) in [6.45, 7) is -0.107. The number of hydrogen-bond donors (Lipinski definition) is 2. The molecule has 136 valence electrons. The average molecular weight is 366 g/mol. The Balaban J connectivity index is 2.33. The Labute approximate surface area is 145 Å². The minimum Gasteiger partial charge on any atom is -0.481 e. The van der Waals surface area contributed by atoms with E-state index in [0.29, 0.717) is 6.29 Å². The van der Waals surface area contributed by atoms with Crippen molar-refractivity contribution in [2.75, 3.05) is 6.54 Å². The van der Waals surface area contributed by atoms with Crippen LogP contribution in [-0.2, 0) is 11.0 Å². The fourth-order valence-corrected chi connectivity index (χ4v) is 2.28. The first-order valence-electron chi connectivity index (χ1n) is 7.36. The third-order valence-electron chi connectivity index (χ3n) is 3.44. The van der Waals surface area contributed by atoms with Crippen LogP contribution in [0.5, 0.6) is 0 Å². The molecule has 0 aliphatic carbocycles. The third-order valence-corrected chi connectivity index (χ3v) is 3.44. The highest BCUT2D eigenvalue weighted by Crippen LogP contribution is 2.38. The van der Waals surface area contributed by atoms with Crippen LogP contribution >= 0.6 is 0 Å². The van der Waals surface area contributed by atoms with Crippen molar-refractivity contribution in [3.63, 3.8) is 0 Å². The lowest BCUT2D eigenvalue weighted by Gasteiger charge is -2.15. The number of rotatable bonds is 6. The fourth-order valence-electron chi connectivity index (χ4n) is 2.28. The molecule has 6 nitrogen and oxygen atoms in total. The van der Waals surface area contributed by atoms with Crippen molar-refractivity contribution in [3.8, 4) is 11.1 Å². The summed E-state index contributed by atoms with van der Waals surface area (Å²) < 4.78 is 39.6. The molecule has 0 bridgehead atoms. The summed E-state index contributed by atoms with van der Waals surface area (Å²) in [7, 11) is 0. The predicted octanol–water partition coefficient (Wildman–Crippen LogP) is 2.78. The number of amides is 1. The van der Waals surface area contributed by atoms with Crippen molar-refractivity contribution in [1.29, 1.82) is 0 Å². The third kappa shape index (κ3) is 4.44. The molecule has 0 aliphatic heterocycles. The molecule has 0 radical (unpaired) electrons. The van der Waals surface area contributed by atoms with E-state index >= 15 is 0 Å². The van der Waals surface area contributed by atoms with E-state index < -0.39 is 23.6 Å². The van der Waals surface area contributed by atoms with Crippen LogP contribution in [0.2, 0.25) is 0 Å². The number of carbonyl (C=O) groups excluding carboxylic acids is 2. The van der Waals surface area contributed by atoms with Crippen LogP contribution in [0.4, 0.5) is 13.2 Å². The van der Waals surface area contributed by atoms with Gasteiger partial charge in [0.2, 0.25) is 0 Å². The molecular weight excluding hydrogens is 353 g/mol. The molecule has 1 aromatic heterocycles. The number of carbonyl (C=O) groups is 3. The summed E-state index contributed by atoms with van der Waals surface area (Å²) in [5.41, 5.74) is -1.51. The van der Waals surface area contributed by atoms with Gasteiger partial charge in [0.15, 0.2) is 6.29 Å². The number of aldehydes is 1. The molecule has 1 amide bonds. The minimum atomic E-state index is -4.67. The van der Waals surface area contributed by atoms with Gasteiger partial charge in [0.05, 0.1) is 12.0 Å². The lowest BCUT2D eigenvalue weighted by molar-refractivity contribution is -0.137.